The van der Waals surface area contributed by atoms with Crippen LogP contribution in [0.2, 0.25) is 0 Å². The number of amides is 3. The van der Waals surface area contributed by atoms with Crippen molar-refractivity contribution in [3.63, 3.8) is 0 Å². The molecule has 3 N–H and O–H groups in total. The molecule has 10 heteroatoms. The summed E-state index contributed by atoms with van der Waals surface area (Å²) in [4.78, 5) is 35.5. The average molecular weight is 372 g/mol. The van der Waals surface area contributed by atoms with E-state index in [1.807, 2.05) is 5.32 Å². The van der Waals surface area contributed by atoms with E-state index in [2.05, 4.69) is 16.8 Å². The maximum Gasteiger partial charge on any atom is 0.318 e. The van der Waals surface area contributed by atoms with Crippen LogP contribution in [-0.4, -0.2) is 36.4 Å². The van der Waals surface area contributed by atoms with E-state index >= 15 is 0 Å². The molecular formula is C16H16N6O3S. The van der Waals surface area contributed by atoms with E-state index in [-0.39, 0.29) is 12.1 Å². The lowest BCUT2D eigenvalue weighted by Gasteiger charge is -2.11. The predicted molar refractivity (Wildman–Crippen MR) is 98.0 cm³/mol. The van der Waals surface area contributed by atoms with Crippen LogP contribution in [-0.2, 0) is 11.3 Å². The Hall–Kier alpha value is -3.14. The van der Waals surface area contributed by atoms with Gasteiger partial charge in [-0.1, -0.05) is 30.0 Å². The van der Waals surface area contributed by atoms with Gasteiger partial charge in [0, 0.05) is 6.54 Å². The van der Waals surface area contributed by atoms with E-state index in [4.69, 9.17) is 5.73 Å². The summed E-state index contributed by atoms with van der Waals surface area (Å²) in [6.07, 6.45) is 1.60. The third-order valence-electron chi connectivity index (χ3n) is 3.69. The maximum absolute atomic E-state index is 12.7. The molecule has 9 nitrogen and oxygen atoms in total. The van der Waals surface area contributed by atoms with Crippen molar-refractivity contribution in [2.24, 2.45) is 5.73 Å². The standard InChI is InChI=1S/C16H16N6O3S/c1-3-8-21-13(24)10-6-4-5-7-11(10)22-15(21)19-20-16(22)26-9(2)12(23)18-14(17)25/h3-7,9H,1,8H2,2H3,(H3,17,18,23,25)/t9-/m1/s1. The highest BCUT2D eigenvalue weighted by molar-refractivity contribution is 8.00. The fraction of sp³-hybridized carbons (Fsp3) is 0.188. The van der Waals surface area contributed by atoms with Crippen molar-refractivity contribution in [2.45, 2.75) is 23.9 Å². The number of rotatable bonds is 5. The van der Waals surface area contributed by atoms with Crippen LogP contribution in [0.25, 0.3) is 16.7 Å². The molecule has 0 saturated carbocycles. The van der Waals surface area contributed by atoms with Crippen LogP contribution in [0, 0.1) is 0 Å². The van der Waals surface area contributed by atoms with E-state index in [0.717, 1.165) is 11.8 Å². The second kappa shape index (κ2) is 7.00. The summed E-state index contributed by atoms with van der Waals surface area (Å²) in [5, 5.41) is 10.5. The summed E-state index contributed by atoms with van der Waals surface area (Å²) in [5.41, 5.74) is 5.41. The molecule has 2 heterocycles. The van der Waals surface area contributed by atoms with Crippen molar-refractivity contribution in [1.29, 1.82) is 0 Å². The van der Waals surface area contributed by atoms with Crippen molar-refractivity contribution in [3.05, 3.63) is 47.3 Å². The number of carbonyl (C=O) groups excluding carboxylic acids is 2. The number of primary amides is 1. The lowest BCUT2D eigenvalue weighted by Crippen LogP contribution is -2.39. The molecule has 0 unspecified atom stereocenters. The van der Waals surface area contributed by atoms with Gasteiger partial charge in [-0.15, -0.1) is 16.8 Å². The first kappa shape index (κ1) is 17.7. The Morgan fingerprint density at radius 3 is 2.81 bits per heavy atom. The van der Waals surface area contributed by atoms with Gasteiger partial charge in [0.05, 0.1) is 16.2 Å². The lowest BCUT2D eigenvalue weighted by atomic mass is 10.2. The van der Waals surface area contributed by atoms with Gasteiger partial charge < -0.3 is 5.73 Å². The average Bonchev–Trinajstić information content (AvgIpc) is 3.01. The number of carbonyl (C=O) groups is 2. The summed E-state index contributed by atoms with van der Waals surface area (Å²) >= 11 is 1.11. The molecule has 1 atom stereocenters. The normalized spacial score (nSPS) is 12.2. The molecule has 0 aliphatic heterocycles. The van der Waals surface area contributed by atoms with Crippen molar-refractivity contribution >= 4 is 40.4 Å². The third kappa shape index (κ3) is 3.06. The van der Waals surface area contributed by atoms with Crippen LogP contribution < -0.4 is 16.6 Å². The van der Waals surface area contributed by atoms with E-state index in [0.29, 0.717) is 21.8 Å². The lowest BCUT2D eigenvalue weighted by molar-refractivity contribution is -0.119. The van der Waals surface area contributed by atoms with Crippen LogP contribution >= 0.6 is 11.8 Å². The predicted octanol–water partition coefficient (Wildman–Crippen LogP) is 0.906. The minimum atomic E-state index is -0.918. The van der Waals surface area contributed by atoms with E-state index in [1.165, 1.54) is 4.57 Å². The summed E-state index contributed by atoms with van der Waals surface area (Å²) in [6.45, 7) is 5.56. The molecule has 26 heavy (non-hydrogen) atoms. The number of hydrogen-bond donors (Lipinski definition) is 2. The SMILES string of the molecule is C=CCn1c(=O)c2ccccc2n2c(S[C@H](C)C(=O)NC(N)=O)nnc12. The van der Waals surface area contributed by atoms with Gasteiger partial charge in [-0.3, -0.25) is 23.9 Å². The summed E-state index contributed by atoms with van der Waals surface area (Å²) in [7, 11) is 0. The first-order valence-corrected chi connectivity index (χ1v) is 8.56. The van der Waals surface area contributed by atoms with Gasteiger partial charge >= 0.3 is 6.03 Å². The smallest absolute Gasteiger partial charge is 0.318 e. The highest BCUT2D eigenvalue weighted by Crippen LogP contribution is 2.25. The molecular weight excluding hydrogens is 356 g/mol. The monoisotopic (exact) mass is 372 g/mol. The summed E-state index contributed by atoms with van der Waals surface area (Å²) in [6, 6.07) is 6.15. The van der Waals surface area contributed by atoms with Gasteiger partial charge in [-0.2, -0.15) is 0 Å². The van der Waals surface area contributed by atoms with Gasteiger partial charge in [0.1, 0.15) is 0 Å². The molecule has 0 spiro atoms. The molecule has 0 bridgehead atoms. The minimum absolute atomic E-state index is 0.198. The number of para-hydroxylation sites is 1. The first-order chi connectivity index (χ1) is 12.4. The number of fused-ring (bicyclic) bond motifs is 3. The highest BCUT2D eigenvalue weighted by Gasteiger charge is 2.21. The molecule has 0 aliphatic carbocycles. The van der Waals surface area contributed by atoms with Crippen molar-refractivity contribution in [3.8, 4) is 0 Å². The van der Waals surface area contributed by atoms with Crippen LogP contribution in [0.3, 0.4) is 0 Å². The Bertz CT molecular complexity index is 1090. The second-order valence-electron chi connectivity index (χ2n) is 5.45. The molecule has 1 aromatic carbocycles. The molecule has 2 aromatic heterocycles. The third-order valence-corrected chi connectivity index (χ3v) is 4.73. The fourth-order valence-corrected chi connectivity index (χ4v) is 3.39. The Labute approximate surface area is 151 Å². The molecule has 0 saturated heterocycles. The number of urea groups is 1. The Balaban J connectivity index is 2.16. The van der Waals surface area contributed by atoms with Gasteiger partial charge in [-0.05, 0) is 19.1 Å². The van der Waals surface area contributed by atoms with Crippen LogP contribution in [0.4, 0.5) is 4.79 Å². The van der Waals surface area contributed by atoms with Gasteiger partial charge in [-0.25, -0.2) is 4.79 Å². The van der Waals surface area contributed by atoms with Crippen LogP contribution in [0.15, 0.2) is 46.9 Å². The fourth-order valence-electron chi connectivity index (χ4n) is 2.54. The number of thioether (sulfide) groups is 1. The minimum Gasteiger partial charge on any atom is -0.351 e. The largest absolute Gasteiger partial charge is 0.351 e. The van der Waals surface area contributed by atoms with E-state index in [1.54, 1.807) is 41.7 Å². The molecule has 3 rings (SSSR count). The van der Waals surface area contributed by atoms with Gasteiger partial charge in [0.25, 0.3) is 5.56 Å². The zero-order chi connectivity index (χ0) is 18.8. The molecule has 0 aliphatic rings. The molecule has 0 radical (unpaired) electrons. The number of allylic oxidation sites excluding steroid dienone is 1. The zero-order valence-corrected chi connectivity index (χ0v) is 14.7. The number of hydrogen-bond acceptors (Lipinski definition) is 6. The number of nitrogens with zero attached hydrogens (tertiary/aromatic N) is 4. The summed E-state index contributed by atoms with van der Waals surface area (Å²) in [5.74, 6) is -0.193. The second-order valence-corrected chi connectivity index (χ2v) is 6.76. The zero-order valence-electron chi connectivity index (χ0n) is 13.9. The topological polar surface area (TPSA) is 124 Å². The number of aromatic nitrogens is 4. The molecule has 0 fully saturated rings. The Kier molecular flexibility index (Phi) is 4.76. The number of nitrogens with two attached hydrogens (primary N) is 1. The number of nitrogens with one attached hydrogen (secondary N) is 1. The van der Waals surface area contributed by atoms with Gasteiger partial charge in [0.2, 0.25) is 11.7 Å². The Morgan fingerprint density at radius 2 is 2.12 bits per heavy atom. The van der Waals surface area contributed by atoms with Crippen LogP contribution in [0.5, 0.6) is 0 Å². The number of imide groups is 1. The molecule has 3 amide bonds. The quantitative estimate of drug-likeness (QED) is 0.507. The molecule has 134 valence electrons. The van der Waals surface area contributed by atoms with Crippen molar-refractivity contribution in [1.82, 2.24) is 24.5 Å². The Morgan fingerprint density at radius 1 is 1.38 bits per heavy atom. The van der Waals surface area contributed by atoms with Crippen molar-refractivity contribution in [2.75, 3.05) is 0 Å². The maximum atomic E-state index is 12.7. The molecule has 3 aromatic rings. The number of benzene rings is 1. The van der Waals surface area contributed by atoms with E-state index < -0.39 is 17.2 Å². The van der Waals surface area contributed by atoms with E-state index in [9.17, 15) is 14.4 Å². The van der Waals surface area contributed by atoms with Crippen LogP contribution in [0.1, 0.15) is 6.92 Å². The van der Waals surface area contributed by atoms with Crippen molar-refractivity contribution < 1.29 is 9.59 Å². The highest BCUT2D eigenvalue weighted by atomic mass is 32.2. The summed E-state index contributed by atoms with van der Waals surface area (Å²) < 4.78 is 3.17. The first-order valence-electron chi connectivity index (χ1n) is 7.68. The van der Waals surface area contributed by atoms with Gasteiger partial charge in [0.15, 0.2) is 5.16 Å².